The first-order valence-electron chi connectivity index (χ1n) is 9.47. The maximum absolute atomic E-state index is 12.0. The van der Waals surface area contributed by atoms with Gasteiger partial charge in [0, 0.05) is 11.6 Å². The minimum Gasteiger partial charge on any atom is -0.497 e. The minimum atomic E-state index is -0.526. The third-order valence-electron chi connectivity index (χ3n) is 4.46. The zero-order valence-corrected chi connectivity index (χ0v) is 16.9. The average Bonchev–Trinajstić information content (AvgIpc) is 3.43. The number of benzene rings is 2. The predicted octanol–water partition coefficient (Wildman–Crippen LogP) is 4.47. The van der Waals surface area contributed by atoms with Crippen molar-refractivity contribution in [2.75, 3.05) is 7.11 Å². The Bertz CT molecular complexity index is 1190. The Morgan fingerprint density at radius 1 is 1.06 bits per heavy atom. The quantitative estimate of drug-likeness (QED) is 0.321. The van der Waals surface area contributed by atoms with Crippen LogP contribution < -0.4 is 4.74 Å². The molecule has 4 aromatic rings. The third-order valence-corrected chi connectivity index (χ3v) is 4.46. The first-order valence-corrected chi connectivity index (χ1v) is 9.47. The van der Waals surface area contributed by atoms with Gasteiger partial charge >= 0.3 is 5.97 Å². The summed E-state index contributed by atoms with van der Waals surface area (Å²) >= 11 is 0. The molecule has 0 saturated heterocycles. The molecule has 0 saturated carbocycles. The van der Waals surface area contributed by atoms with Gasteiger partial charge in [0.15, 0.2) is 6.61 Å². The molecule has 0 spiro atoms. The van der Waals surface area contributed by atoms with Crippen molar-refractivity contribution in [1.82, 2.24) is 15.4 Å². The second-order valence-electron chi connectivity index (χ2n) is 6.54. The van der Waals surface area contributed by atoms with Gasteiger partial charge < -0.3 is 18.4 Å². The fraction of sp³-hybridized carbons (Fsp3) is 0.130. The molecule has 156 valence electrons. The Balaban J connectivity index is 1.41. The topological polar surface area (TPSA) is 100 Å². The lowest BCUT2D eigenvalue weighted by Crippen LogP contribution is -2.00. The lowest BCUT2D eigenvalue weighted by Gasteiger charge is -2.00. The highest BCUT2D eigenvalue weighted by Crippen LogP contribution is 2.33. The number of methoxy groups -OCH3 is 1. The van der Waals surface area contributed by atoms with Crippen molar-refractivity contribution in [3.05, 3.63) is 77.9 Å². The van der Waals surface area contributed by atoms with Crippen LogP contribution in [0.5, 0.6) is 5.75 Å². The molecule has 0 aliphatic carbocycles. The molecule has 2 heterocycles. The SMILES string of the molecule is COc1ccc(/C=C/C(=O)OCc2nnc(-c3c(-c4ccccc4)noc3C)o2)cc1. The van der Waals surface area contributed by atoms with Gasteiger partial charge in [-0.25, -0.2) is 4.79 Å². The van der Waals surface area contributed by atoms with E-state index in [0.717, 1.165) is 16.9 Å². The van der Waals surface area contributed by atoms with Crippen LogP contribution in [-0.2, 0) is 16.1 Å². The van der Waals surface area contributed by atoms with Gasteiger partial charge in [0.25, 0.3) is 11.8 Å². The number of esters is 1. The Kier molecular flexibility index (Phi) is 5.89. The summed E-state index contributed by atoms with van der Waals surface area (Å²) in [6, 6.07) is 16.8. The molecule has 0 aliphatic heterocycles. The summed E-state index contributed by atoms with van der Waals surface area (Å²) < 4.78 is 21.3. The number of carbonyl (C=O) groups excluding carboxylic acids is 1. The van der Waals surface area contributed by atoms with Crippen LogP contribution in [0.25, 0.3) is 28.8 Å². The molecule has 0 amide bonds. The van der Waals surface area contributed by atoms with E-state index in [4.69, 9.17) is 18.4 Å². The van der Waals surface area contributed by atoms with E-state index in [0.29, 0.717) is 17.0 Å². The van der Waals surface area contributed by atoms with Gasteiger partial charge in [0.05, 0.1) is 7.11 Å². The monoisotopic (exact) mass is 417 g/mol. The molecule has 2 aromatic carbocycles. The van der Waals surface area contributed by atoms with E-state index >= 15 is 0 Å². The maximum Gasteiger partial charge on any atom is 0.331 e. The van der Waals surface area contributed by atoms with Crippen molar-refractivity contribution in [3.63, 3.8) is 0 Å². The Morgan fingerprint density at radius 3 is 2.58 bits per heavy atom. The van der Waals surface area contributed by atoms with Crippen LogP contribution >= 0.6 is 0 Å². The standard InChI is InChI=1S/C23H19N3O5/c1-15-21(22(26-31-15)17-6-4-3-5-7-17)23-25-24-19(30-23)14-29-20(27)13-10-16-8-11-18(28-2)12-9-16/h3-13H,14H2,1-2H3/b13-10+. The van der Waals surface area contributed by atoms with E-state index in [9.17, 15) is 4.79 Å². The minimum absolute atomic E-state index is 0.149. The van der Waals surface area contributed by atoms with Gasteiger partial charge in [0.1, 0.15) is 22.8 Å². The van der Waals surface area contributed by atoms with Crippen LogP contribution in [0, 0.1) is 6.92 Å². The summed E-state index contributed by atoms with van der Waals surface area (Å²) in [6.07, 6.45) is 2.98. The Morgan fingerprint density at radius 2 is 1.84 bits per heavy atom. The zero-order chi connectivity index (χ0) is 21.6. The first kappa shape index (κ1) is 20.1. The van der Waals surface area contributed by atoms with Gasteiger partial charge in [-0.15, -0.1) is 10.2 Å². The lowest BCUT2D eigenvalue weighted by atomic mass is 10.1. The fourth-order valence-electron chi connectivity index (χ4n) is 2.89. The molecular formula is C23H19N3O5. The molecule has 8 heteroatoms. The van der Waals surface area contributed by atoms with E-state index in [2.05, 4.69) is 15.4 Å². The first-order chi connectivity index (χ1) is 15.1. The largest absolute Gasteiger partial charge is 0.497 e. The summed E-state index contributed by atoms with van der Waals surface area (Å²) in [5.74, 6) is 1.18. The van der Waals surface area contributed by atoms with Crippen molar-refractivity contribution < 1.29 is 23.2 Å². The lowest BCUT2D eigenvalue weighted by molar-refractivity contribution is -0.139. The Labute approximate surface area is 178 Å². The van der Waals surface area contributed by atoms with Gasteiger partial charge in [-0.05, 0) is 30.7 Å². The number of aromatic nitrogens is 3. The molecule has 8 nitrogen and oxygen atoms in total. The summed E-state index contributed by atoms with van der Waals surface area (Å²) in [4.78, 5) is 12.0. The van der Waals surface area contributed by atoms with Crippen LogP contribution in [0.2, 0.25) is 0 Å². The molecule has 2 aromatic heterocycles. The van der Waals surface area contributed by atoms with E-state index in [1.165, 1.54) is 6.08 Å². The number of nitrogens with zero attached hydrogens (tertiary/aromatic N) is 3. The second kappa shape index (κ2) is 9.08. The maximum atomic E-state index is 12.0. The molecule has 0 aliphatic rings. The number of ether oxygens (including phenoxy) is 2. The van der Waals surface area contributed by atoms with E-state index < -0.39 is 5.97 Å². The van der Waals surface area contributed by atoms with Crippen molar-refractivity contribution in [3.8, 4) is 28.5 Å². The van der Waals surface area contributed by atoms with Crippen LogP contribution in [0.4, 0.5) is 0 Å². The highest BCUT2D eigenvalue weighted by Gasteiger charge is 2.22. The van der Waals surface area contributed by atoms with E-state index in [1.54, 1.807) is 32.2 Å². The highest BCUT2D eigenvalue weighted by atomic mass is 16.5. The van der Waals surface area contributed by atoms with Crippen LogP contribution in [0.15, 0.2) is 69.6 Å². The predicted molar refractivity (Wildman–Crippen MR) is 112 cm³/mol. The summed E-state index contributed by atoms with van der Waals surface area (Å²) in [5.41, 5.74) is 2.92. The number of hydrogen-bond donors (Lipinski definition) is 0. The molecule has 0 unspecified atom stereocenters. The van der Waals surface area contributed by atoms with Gasteiger partial charge in [-0.3, -0.25) is 0 Å². The number of rotatable bonds is 7. The van der Waals surface area contributed by atoms with E-state index in [-0.39, 0.29) is 18.4 Å². The number of carbonyl (C=O) groups is 1. The summed E-state index contributed by atoms with van der Waals surface area (Å²) in [6.45, 7) is 1.62. The zero-order valence-electron chi connectivity index (χ0n) is 16.9. The molecule has 0 N–H and O–H groups in total. The van der Waals surface area contributed by atoms with Gasteiger partial charge in [0.2, 0.25) is 0 Å². The molecular weight excluding hydrogens is 398 g/mol. The van der Waals surface area contributed by atoms with Crippen molar-refractivity contribution in [1.29, 1.82) is 0 Å². The molecule has 0 fully saturated rings. The molecule has 4 rings (SSSR count). The van der Waals surface area contributed by atoms with Crippen molar-refractivity contribution in [2.45, 2.75) is 13.5 Å². The number of aryl methyl sites for hydroxylation is 1. The smallest absolute Gasteiger partial charge is 0.331 e. The third kappa shape index (κ3) is 4.69. The molecule has 0 bridgehead atoms. The van der Waals surface area contributed by atoms with Gasteiger partial charge in [-0.2, -0.15) is 0 Å². The van der Waals surface area contributed by atoms with Crippen molar-refractivity contribution >= 4 is 12.0 Å². The molecule has 31 heavy (non-hydrogen) atoms. The molecule has 0 atom stereocenters. The highest BCUT2D eigenvalue weighted by molar-refractivity contribution is 5.87. The van der Waals surface area contributed by atoms with Gasteiger partial charge in [-0.1, -0.05) is 47.6 Å². The molecule has 0 radical (unpaired) electrons. The second-order valence-corrected chi connectivity index (χ2v) is 6.54. The normalized spacial score (nSPS) is 11.0. The number of hydrogen-bond acceptors (Lipinski definition) is 8. The van der Waals surface area contributed by atoms with Crippen molar-refractivity contribution in [2.24, 2.45) is 0 Å². The van der Waals surface area contributed by atoms with Crippen LogP contribution in [0.1, 0.15) is 17.2 Å². The van der Waals surface area contributed by atoms with E-state index in [1.807, 2.05) is 42.5 Å². The summed E-state index contributed by atoms with van der Waals surface area (Å²) in [5, 5.41) is 12.1. The fourth-order valence-corrected chi connectivity index (χ4v) is 2.89. The van der Waals surface area contributed by atoms with Crippen LogP contribution in [0.3, 0.4) is 0 Å². The van der Waals surface area contributed by atoms with Crippen LogP contribution in [-0.4, -0.2) is 28.4 Å². The average molecular weight is 417 g/mol. The summed E-state index contributed by atoms with van der Waals surface area (Å²) in [7, 11) is 1.60. The Hall–Kier alpha value is -4.20.